The Morgan fingerprint density at radius 3 is 2.30 bits per heavy atom. The van der Waals surface area contributed by atoms with Crippen LogP contribution in [0.1, 0.15) is 10.4 Å². The molecule has 0 atom stereocenters. The average Bonchev–Trinajstić information content (AvgIpc) is 2.40. The minimum Gasteiger partial charge on any atom is -0.336 e. The van der Waals surface area contributed by atoms with Crippen LogP contribution in [0.5, 0.6) is 0 Å². The lowest BCUT2D eigenvalue weighted by atomic mass is 10.1. The maximum Gasteiger partial charge on any atom is 0.257 e. The molecule has 1 aliphatic heterocycles. The first-order valence-electron chi connectivity index (χ1n) is 5.99. The summed E-state index contributed by atoms with van der Waals surface area (Å²) in [4.78, 5) is 13.4. The van der Waals surface area contributed by atoms with Crippen molar-refractivity contribution in [2.24, 2.45) is 0 Å². The van der Waals surface area contributed by atoms with E-state index in [2.05, 4.69) is 0 Å². The van der Waals surface area contributed by atoms with Crippen LogP contribution >= 0.6 is 0 Å². The Morgan fingerprint density at radius 1 is 1.15 bits per heavy atom. The van der Waals surface area contributed by atoms with Crippen molar-refractivity contribution in [1.82, 2.24) is 9.21 Å². The van der Waals surface area contributed by atoms with Crippen LogP contribution in [0.3, 0.4) is 0 Å². The fourth-order valence-electron chi connectivity index (χ4n) is 2.06. The van der Waals surface area contributed by atoms with E-state index in [1.807, 2.05) is 0 Å². The molecule has 0 saturated carbocycles. The van der Waals surface area contributed by atoms with E-state index in [0.29, 0.717) is 0 Å². The van der Waals surface area contributed by atoms with Crippen molar-refractivity contribution in [3.63, 3.8) is 0 Å². The monoisotopic (exact) mass is 304 g/mol. The Bertz CT molecular complexity index is 626. The van der Waals surface area contributed by atoms with Crippen LogP contribution < -0.4 is 0 Å². The van der Waals surface area contributed by atoms with E-state index in [1.54, 1.807) is 0 Å². The highest BCUT2D eigenvalue weighted by molar-refractivity contribution is 7.88. The van der Waals surface area contributed by atoms with Crippen molar-refractivity contribution in [1.29, 1.82) is 0 Å². The Morgan fingerprint density at radius 2 is 1.75 bits per heavy atom. The topological polar surface area (TPSA) is 57.7 Å². The molecule has 0 radical (unpaired) electrons. The largest absolute Gasteiger partial charge is 0.336 e. The second-order valence-corrected chi connectivity index (χ2v) is 6.54. The Hall–Kier alpha value is -1.54. The van der Waals surface area contributed by atoms with Crippen LogP contribution in [-0.4, -0.2) is 56.0 Å². The molecule has 5 nitrogen and oxygen atoms in total. The van der Waals surface area contributed by atoms with Gasteiger partial charge in [-0.25, -0.2) is 17.2 Å². The maximum atomic E-state index is 13.5. The molecule has 1 fully saturated rings. The fraction of sp³-hybridized carbons (Fsp3) is 0.417. The quantitative estimate of drug-likeness (QED) is 0.807. The van der Waals surface area contributed by atoms with Gasteiger partial charge in [-0.15, -0.1) is 0 Å². The number of rotatable bonds is 2. The summed E-state index contributed by atoms with van der Waals surface area (Å²) in [5.41, 5.74) is -0.335. The molecule has 8 heteroatoms. The van der Waals surface area contributed by atoms with Crippen LogP contribution in [0.15, 0.2) is 18.2 Å². The Labute approximate surface area is 115 Å². The van der Waals surface area contributed by atoms with Crippen molar-refractivity contribution in [3.8, 4) is 0 Å². The third-order valence-corrected chi connectivity index (χ3v) is 4.48. The number of piperazine rings is 1. The molecule has 1 saturated heterocycles. The first-order valence-corrected chi connectivity index (χ1v) is 7.84. The number of halogens is 2. The first kappa shape index (κ1) is 14.9. The molecule has 0 aromatic heterocycles. The lowest BCUT2D eigenvalue weighted by molar-refractivity contribution is 0.0692. The highest BCUT2D eigenvalue weighted by Crippen LogP contribution is 2.15. The summed E-state index contributed by atoms with van der Waals surface area (Å²) in [6.45, 7) is 0.618. The van der Waals surface area contributed by atoms with Gasteiger partial charge < -0.3 is 4.90 Å². The van der Waals surface area contributed by atoms with Gasteiger partial charge in [0.1, 0.15) is 0 Å². The van der Waals surface area contributed by atoms with E-state index in [4.69, 9.17) is 0 Å². The lowest BCUT2D eigenvalue weighted by Gasteiger charge is -2.33. The predicted molar refractivity (Wildman–Crippen MR) is 68.7 cm³/mol. The summed E-state index contributed by atoms with van der Waals surface area (Å²) >= 11 is 0. The van der Waals surface area contributed by atoms with Gasteiger partial charge in [0.15, 0.2) is 11.6 Å². The molecule has 0 spiro atoms. The zero-order chi connectivity index (χ0) is 14.9. The molecule has 0 unspecified atom stereocenters. The van der Waals surface area contributed by atoms with Crippen LogP contribution in [-0.2, 0) is 10.0 Å². The Kier molecular flexibility index (Phi) is 4.05. The number of carbonyl (C=O) groups is 1. The number of sulfonamides is 1. The number of carbonyl (C=O) groups excluding carboxylic acids is 1. The van der Waals surface area contributed by atoms with Gasteiger partial charge in [0.05, 0.1) is 11.8 Å². The van der Waals surface area contributed by atoms with Crippen LogP contribution in [0.4, 0.5) is 8.78 Å². The van der Waals surface area contributed by atoms with E-state index in [-0.39, 0.29) is 31.7 Å². The lowest BCUT2D eigenvalue weighted by Crippen LogP contribution is -2.50. The normalized spacial score (nSPS) is 17.2. The highest BCUT2D eigenvalue weighted by atomic mass is 32.2. The van der Waals surface area contributed by atoms with Crippen LogP contribution in [0, 0.1) is 11.6 Å². The van der Waals surface area contributed by atoms with Crippen molar-refractivity contribution in [2.45, 2.75) is 0 Å². The summed E-state index contributed by atoms with van der Waals surface area (Å²) < 4.78 is 50.6. The smallest absolute Gasteiger partial charge is 0.257 e. The molecule has 1 aromatic carbocycles. The molecule has 110 valence electrons. The van der Waals surface area contributed by atoms with E-state index < -0.39 is 27.6 Å². The van der Waals surface area contributed by atoms with Crippen molar-refractivity contribution in [2.75, 3.05) is 32.4 Å². The molecule has 1 aromatic rings. The van der Waals surface area contributed by atoms with Gasteiger partial charge in [-0.1, -0.05) is 6.07 Å². The van der Waals surface area contributed by atoms with E-state index in [9.17, 15) is 22.0 Å². The van der Waals surface area contributed by atoms with Gasteiger partial charge in [-0.3, -0.25) is 4.79 Å². The SMILES string of the molecule is CS(=O)(=O)N1CCN(C(=O)c2cccc(F)c2F)CC1. The number of nitrogens with zero attached hydrogens (tertiary/aromatic N) is 2. The van der Waals surface area contributed by atoms with Crippen LogP contribution in [0.25, 0.3) is 0 Å². The van der Waals surface area contributed by atoms with Gasteiger partial charge in [0.25, 0.3) is 5.91 Å². The first-order chi connectivity index (χ1) is 9.30. The van der Waals surface area contributed by atoms with Crippen LogP contribution in [0.2, 0.25) is 0 Å². The highest BCUT2D eigenvalue weighted by Gasteiger charge is 2.28. The average molecular weight is 304 g/mol. The van der Waals surface area contributed by atoms with Crippen molar-refractivity contribution < 1.29 is 22.0 Å². The number of hydrogen-bond acceptors (Lipinski definition) is 3. The fourth-order valence-corrected chi connectivity index (χ4v) is 2.89. The molecular weight excluding hydrogens is 290 g/mol. The molecule has 1 amide bonds. The Balaban J connectivity index is 2.11. The van der Waals surface area contributed by atoms with E-state index >= 15 is 0 Å². The standard InChI is InChI=1S/C12H14F2N2O3S/c1-20(18,19)16-7-5-15(6-8-16)12(17)9-3-2-4-10(13)11(9)14/h2-4H,5-8H2,1H3. The maximum absolute atomic E-state index is 13.5. The molecule has 1 aliphatic rings. The van der Waals surface area contributed by atoms with Gasteiger partial charge >= 0.3 is 0 Å². The zero-order valence-electron chi connectivity index (χ0n) is 10.8. The van der Waals surface area contributed by atoms with E-state index in [0.717, 1.165) is 12.3 Å². The molecule has 2 rings (SSSR count). The third kappa shape index (κ3) is 2.96. The summed E-state index contributed by atoms with van der Waals surface area (Å²) in [7, 11) is -3.29. The van der Waals surface area contributed by atoms with Crippen molar-refractivity contribution >= 4 is 15.9 Å². The van der Waals surface area contributed by atoms with Gasteiger partial charge in [-0.05, 0) is 12.1 Å². The van der Waals surface area contributed by atoms with Crippen molar-refractivity contribution in [3.05, 3.63) is 35.4 Å². The minimum absolute atomic E-state index is 0.154. The second kappa shape index (κ2) is 5.45. The summed E-state index contributed by atoms with van der Waals surface area (Å²) in [5.74, 6) is -2.89. The molecule has 0 N–H and O–H groups in total. The van der Waals surface area contributed by atoms with Gasteiger partial charge in [-0.2, -0.15) is 4.31 Å². The molecule has 0 bridgehead atoms. The van der Waals surface area contributed by atoms with Gasteiger partial charge in [0.2, 0.25) is 10.0 Å². The minimum atomic E-state index is -3.29. The molecule has 1 heterocycles. The van der Waals surface area contributed by atoms with Gasteiger partial charge in [0, 0.05) is 26.2 Å². The molecule has 0 aliphatic carbocycles. The zero-order valence-corrected chi connectivity index (χ0v) is 11.7. The summed E-state index contributed by atoms with van der Waals surface area (Å²) in [6, 6.07) is 3.41. The summed E-state index contributed by atoms with van der Waals surface area (Å²) in [5, 5.41) is 0. The van der Waals surface area contributed by atoms with E-state index in [1.165, 1.54) is 21.3 Å². The molecule has 20 heavy (non-hydrogen) atoms. The molecular formula is C12H14F2N2O3S. The third-order valence-electron chi connectivity index (χ3n) is 3.18. The second-order valence-electron chi connectivity index (χ2n) is 4.56. The predicted octanol–water partition coefficient (Wildman–Crippen LogP) is 0.682. The summed E-state index contributed by atoms with van der Waals surface area (Å²) in [6.07, 6.45) is 1.09. The number of hydrogen-bond donors (Lipinski definition) is 0. The number of benzene rings is 1. The number of amides is 1.